The van der Waals surface area contributed by atoms with Gasteiger partial charge in [0.25, 0.3) is 0 Å². The molecule has 1 fully saturated rings. The molecule has 2 rings (SSSR count). The van der Waals surface area contributed by atoms with E-state index >= 15 is 0 Å². The minimum absolute atomic E-state index is 0.130. The lowest BCUT2D eigenvalue weighted by Crippen LogP contribution is -2.51. The normalized spacial score (nSPS) is 21.9. The molecule has 126 valence electrons. The maximum Gasteiger partial charge on any atom is 0.416 e. The van der Waals surface area contributed by atoms with Crippen LogP contribution < -0.4 is 5.32 Å². The number of nitrogens with one attached hydrogen (secondary N) is 1. The van der Waals surface area contributed by atoms with Crippen LogP contribution in [0.2, 0.25) is 0 Å². The van der Waals surface area contributed by atoms with E-state index in [0.29, 0.717) is 13.1 Å². The average molecular weight is 330 g/mol. The van der Waals surface area contributed by atoms with Crippen molar-refractivity contribution in [3.05, 3.63) is 29.8 Å². The van der Waals surface area contributed by atoms with E-state index in [1.54, 1.807) is 13.8 Å². The van der Waals surface area contributed by atoms with Gasteiger partial charge in [-0.05, 0) is 38.1 Å². The Hall–Kier alpha value is -2.09. The van der Waals surface area contributed by atoms with Crippen molar-refractivity contribution < 1.29 is 27.5 Å². The van der Waals surface area contributed by atoms with Gasteiger partial charge in [0, 0.05) is 18.8 Å². The maximum absolute atomic E-state index is 12.5. The summed E-state index contributed by atoms with van der Waals surface area (Å²) in [4.78, 5) is 25.4. The third kappa shape index (κ3) is 4.44. The van der Waals surface area contributed by atoms with Gasteiger partial charge in [-0.15, -0.1) is 0 Å². The molecule has 1 heterocycles. The molecular weight excluding hydrogens is 313 g/mol. The van der Waals surface area contributed by atoms with E-state index in [1.807, 2.05) is 0 Å². The molecule has 1 aliphatic rings. The second-order valence-electron chi connectivity index (χ2n) is 5.50. The Morgan fingerprint density at radius 2 is 1.65 bits per heavy atom. The quantitative estimate of drug-likeness (QED) is 0.804. The zero-order chi connectivity index (χ0) is 17.2. The third-order valence-electron chi connectivity index (χ3n) is 3.37. The lowest BCUT2D eigenvalue weighted by Gasteiger charge is -2.34. The van der Waals surface area contributed by atoms with Crippen molar-refractivity contribution in [3.63, 3.8) is 0 Å². The van der Waals surface area contributed by atoms with Crippen molar-refractivity contribution in [2.24, 2.45) is 0 Å². The molecule has 23 heavy (non-hydrogen) atoms. The van der Waals surface area contributed by atoms with Gasteiger partial charge in [-0.3, -0.25) is 9.59 Å². The summed E-state index contributed by atoms with van der Waals surface area (Å²) >= 11 is 0. The first-order valence-corrected chi connectivity index (χ1v) is 7.10. The van der Waals surface area contributed by atoms with Crippen LogP contribution >= 0.6 is 0 Å². The standard InChI is InChI=1S/C15H17F3N2O3/c1-9-7-20(8-10(2)23-9)14(22)13(21)19-12-5-3-11(4-6-12)15(16,17)18/h3-6,9-10H,7-8H2,1-2H3,(H,19,21). The highest BCUT2D eigenvalue weighted by molar-refractivity contribution is 6.39. The van der Waals surface area contributed by atoms with Crippen LogP contribution in [0.3, 0.4) is 0 Å². The van der Waals surface area contributed by atoms with E-state index < -0.39 is 23.6 Å². The van der Waals surface area contributed by atoms with Gasteiger partial charge in [0.15, 0.2) is 0 Å². The minimum Gasteiger partial charge on any atom is -0.372 e. The van der Waals surface area contributed by atoms with Gasteiger partial charge in [-0.2, -0.15) is 13.2 Å². The highest BCUT2D eigenvalue weighted by atomic mass is 19.4. The van der Waals surface area contributed by atoms with Gasteiger partial charge >= 0.3 is 18.0 Å². The highest BCUT2D eigenvalue weighted by Gasteiger charge is 2.31. The van der Waals surface area contributed by atoms with E-state index in [0.717, 1.165) is 24.3 Å². The Balaban J connectivity index is 1.99. The first kappa shape index (κ1) is 17.3. The predicted octanol–water partition coefficient (Wildman–Crippen LogP) is 2.28. The number of carbonyl (C=O) groups is 2. The maximum atomic E-state index is 12.5. The molecule has 1 saturated heterocycles. The number of rotatable bonds is 1. The molecule has 1 N–H and O–H groups in total. The van der Waals surface area contributed by atoms with E-state index in [4.69, 9.17) is 4.74 Å². The van der Waals surface area contributed by atoms with Gasteiger partial charge in [0.2, 0.25) is 0 Å². The fourth-order valence-corrected chi connectivity index (χ4v) is 2.41. The summed E-state index contributed by atoms with van der Waals surface area (Å²) < 4.78 is 42.9. The molecule has 0 saturated carbocycles. The molecule has 0 spiro atoms. The molecule has 5 nitrogen and oxygen atoms in total. The number of halogens is 3. The Morgan fingerprint density at radius 3 is 2.13 bits per heavy atom. The number of hydrogen-bond acceptors (Lipinski definition) is 3. The number of nitrogens with zero attached hydrogens (tertiary/aromatic N) is 1. The first-order chi connectivity index (χ1) is 10.7. The fraction of sp³-hybridized carbons (Fsp3) is 0.467. The molecule has 1 aromatic carbocycles. The number of morpholine rings is 1. The van der Waals surface area contributed by atoms with E-state index in [-0.39, 0.29) is 17.9 Å². The first-order valence-electron chi connectivity index (χ1n) is 7.10. The van der Waals surface area contributed by atoms with E-state index in [9.17, 15) is 22.8 Å². The fourth-order valence-electron chi connectivity index (χ4n) is 2.41. The van der Waals surface area contributed by atoms with Gasteiger partial charge in [-0.25, -0.2) is 0 Å². The number of carbonyl (C=O) groups excluding carboxylic acids is 2. The van der Waals surface area contributed by atoms with Crippen molar-refractivity contribution in [3.8, 4) is 0 Å². The number of amides is 2. The van der Waals surface area contributed by atoms with Crippen LogP contribution in [-0.2, 0) is 20.5 Å². The number of anilines is 1. The molecule has 1 aliphatic heterocycles. The third-order valence-corrected chi connectivity index (χ3v) is 3.37. The molecule has 2 amide bonds. The number of benzene rings is 1. The zero-order valence-corrected chi connectivity index (χ0v) is 12.7. The lowest BCUT2D eigenvalue weighted by molar-refractivity contribution is -0.151. The van der Waals surface area contributed by atoms with Gasteiger partial charge in [-0.1, -0.05) is 0 Å². The van der Waals surface area contributed by atoms with Crippen LogP contribution in [0, 0.1) is 0 Å². The molecule has 0 aromatic heterocycles. The molecular formula is C15H17F3N2O3. The SMILES string of the molecule is CC1CN(C(=O)C(=O)Nc2ccc(C(F)(F)F)cc2)CC(C)O1. The van der Waals surface area contributed by atoms with Crippen molar-refractivity contribution in [2.45, 2.75) is 32.2 Å². The molecule has 8 heteroatoms. The van der Waals surface area contributed by atoms with Crippen LogP contribution in [0.1, 0.15) is 19.4 Å². The second-order valence-corrected chi connectivity index (χ2v) is 5.50. The summed E-state index contributed by atoms with van der Waals surface area (Å²) in [6.07, 6.45) is -4.80. The molecule has 2 atom stereocenters. The smallest absolute Gasteiger partial charge is 0.372 e. The van der Waals surface area contributed by atoms with Crippen LogP contribution in [0.4, 0.5) is 18.9 Å². The predicted molar refractivity (Wildman–Crippen MR) is 76.7 cm³/mol. The van der Waals surface area contributed by atoms with Crippen molar-refractivity contribution >= 4 is 17.5 Å². The Labute approximate surface area is 131 Å². The van der Waals surface area contributed by atoms with Crippen molar-refractivity contribution in [1.29, 1.82) is 0 Å². The molecule has 0 aliphatic carbocycles. The summed E-state index contributed by atoms with van der Waals surface area (Å²) in [5, 5.41) is 2.31. The second kappa shape index (κ2) is 6.57. The number of ether oxygens (including phenoxy) is 1. The van der Waals surface area contributed by atoms with Crippen LogP contribution in [-0.4, -0.2) is 42.0 Å². The van der Waals surface area contributed by atoms with Crippen LogP contribution in [0.15, 0.2) is 24.3 Å². The van der Waals surface area contributed by atoms with Gasteiger partial charge < -0.3 is 15.0 Å². The minimum atomic E-state index is -4.45. The summed E-state index contributed by atoms with van der Waals surface area (Å²) in [6, 6.07) is 3.91. The van der Waals surface area contributed by atoms with Gasteiger partial charge in [0.05, 0.1) is 17.8 Å². The Kier molecular flexibility index (Phi) is 4.93. The van der Waals surface area contributed by atoms with Crippen LogP contribution in [0.25, 0.3) is 0 Å². The summed E-state index contributed by atoms with van der Waals surface area (Å²) in [5.74, 6) is -1.61. The largest absolute Gasteiger partial charge is 0.416 e. The molecule has 1 aromatic rings. The summed E-state index contributed by atoms with van der Waals surface area (Å²) in [5.41, 5.74) is -0.691. The number of hydrogen-bond donors (Lipinski definition) is 1. The van der Waals surface area contributed by atoms with E-state index in [2.05, 4.69) is 5.32 Å². The van der Waals surface area contributed by atoms with E-state index in [1.165, 1.54) is 4.90 Å². The molecule has 0 bridgehead atoms. The topological polar surface area (TPSA) is 58.6 Å². The highest BCUT2D eigenvalue weighted by Crippen LogP contribution is 2.29. The number of alkyl halides is 3. The summed E-state index contributed by atoms with van der Waals surface area (Å²) in [7, 11) is 0. The lowest BCUT2D eigenvalue weighted by atomic mass is 10.2. The average Bonchev–Trinajstić information content (AvgIpc) is 2.45. The molecule has 2 unspecified atom stereocenters. The van der Waals surface area contributed by atoms with Crippen molar-refractivity contribution in [1.82, 2.24) is 4.90 Å². The van der Waals surface area contributed by atoms with Crippen LogP contribution in [0.5, 0.6) is 0 Å². The monoisotopic (exact) mass is 330 g/mol. The van der Waals surface area contributed by atoms with Gasteiger partial charge in [0.1, 0.15) is 0 Å². The summed E-state index contributed by atoms with van der Waals surface area (Å²) in [6.45, 7) is 4.18. The molecule has 0 radical (unpaired) electrons. The Bertz CT molecular complexity index is 577. The zero-order valence-electron chi connectivity index (χ0n) is 12.7. The van der Waals surface area contributed by atoms with Crippen molar-refractivity contribution in [2.75, 3.05) is 18.4 Å². The Morgan fingerprint density at radius 1 is 1.13 bits per heavy atom.